The van der Waals surface area contributed by atoms with Gasteiger partial charge in [0.1, 0.15) is 5.75 Å². The van der Waals surface area contributed by atoms with Crippen molar-refractivity contribution in [3.63, 3.8) is 0 Å². The lowest BCUT2D eigenvalue weighted by molar-refractivity contribution is 0.209. The molecule has 0 bridgehead atoms. The van der Waals surface area contributed by atoms with E-state index in [0.717, 1.165) is 12.8 Å². The van der Waals surface area contributed by atoms with Crippen molar-refractivity contribution in [3.8, 4) is 5.75 Å². The molecule has 0 amide bonds. The maximum absolute atomic E-state index is 11.2. The van der Waals surface area contributed by atoms with Crippen LogP contribution in [-0.2, 0) is 10.0 Å². The van der Waals surface area contributed by atoms with E-state index in [0.29, 0.717) is 11.3 Å². The Bertz CT molecular complexity index is 483. The van der Waals surface area contributed by atoms with Crippen molar-refractivity contribution in [2.24, 2.45) is 5.14 Å². The van der Waals surface area contributed by atoms with Gasteiger partial charge in [-0.15, -0.1) is 0 Å². The summed E-state index contributed by atoms with van der Waals surface area (Å²) in [4.78, 5) is 0.146. The Labute approximate surface area is 103 Å². The third-order valence-corrected chi connectivity index (χ3v) is 3.56. The summed E-state index contributed by atoms with van der Waals surface area (Å²) >= 11 is 0. The van der Waals surface area contributed by atoms with Gasteiger partial charge in [0.25, 0.3) is 0 Å². The number of primary sulfonamides is 1. The number of hydrogen-bond donors (Lipinski definition) is 1. The first-order valence-electron chi connectivity index (χ1n) is 5.64. The third kappa shape index (κ3) is 4.02. The molecule has 0 aliphatic heterocycles. The number of rotatable bonds is 5. The van der Waals surface area contributed by atoms with Crippen LogP contribution in [0.2, 0.25) is 0 Å². The molecular weight excluding hydrogens is 238 g/mol. The monoisotopic (exact) mass is 257 g/mol. The minimum Gasteiger partial charge on any atom is -0.491 e. The highest BCUT2D eigenvalue weighted by molar-refractivity contribution is 7.89. The lowest BCUT2D eigenvalue weighted by Crippen LogP contribution is -2.14. The van der Waals surface area contributed by atoms with Gasteiger partial charge in [0.15, 0.2) is 0 Å². The van der Waals surface area contributed by atoms with E-state index in [-0.39, 0.29) is 11.0 Å². The summed E-state index contributed by atoms with van der Waals surface area (Å²) < 4.78 is 28.1. The molecule has 0 aliphatic carbocycles. The SMILES string of the molecule is CCCC(C)Oc1ccc(S(N)(=O)=O)c(C)c1. The van der Waals surface area contributed by atoms with Crippen LogP contribution in [0, 0.1) is 6.92 Å². The Morgan fingerprint density at radius 3 is 2.53 bits per heavy atom. The minimum atomic E-state index is -3.64. The molecule has 2 N–H and O–H groups in total. The average molecular weight is 257 g/mol. The Morgan fingerprint density at radius 1 is 1.41 bits per heavy atom. The van der Waals surface area contributed by atoms with Gasteiger partial charge in [0.2, 0.25) is 10.0 Å². The van der Waals surface area contributed by atoms with Gasteiger partial charge in [0, 0.05) is 0 Å². The summed E-state index contributed by atoms with van der Waals surface area (Å²) in [6.07, 6.45) is 2.14. The highest BCUT2D eigenvalue weighted by Crippen LogP contribution is 2.21. The molecule has 0 fully saturated rings. The zero-order valence-electron chi connectivity index (χ0n) is 10.4. The van der Waals surface area contributed by atoms with Crippen molar-refractivity contribution in [2.75, 3.05) is 0 Å². The summed E-state index contributed by atoms with van der Waals surface area (Å²) in [7, 11) is -3.64. The van der Waals surface area contributed by atoms with Crippen molar-refractivity contribution < 1.29 is 13.2 Å². The molecule has 1 aromatic rings. The maximum atomic E-state index is 11.2. The van der Waals surface area contributed by atoms with Crippen LogP contribution in [0.4, 0.5) is 0 Å². The molecule has 5 heteroatoms. The summed E-state index contributed by atoms with van der Waals surface area (Å²) in [5.74, 6) is 0.677. The van der Waals surface area contributed by atoms with Crippen molar-refractivity contribution in [1.29, 1.82) is 0 Å². The van der Waals surface area contributed by atoms with Crippen molar-refractivity contribution in [3.05, 3.63) is 23.8 Å². The van der Waals surface area contributed by atoms with E-state index in [1.165, 1.54) is 6.07 Å². The van der Waals surface area contributed by atoms with E-state index in [1.54, 1.807) is 19.1 Å². The second-order valence-corrected chi connectivity index (χ2v) is 5.72. The predicted molar refractivity (Wildman–Crippen MR) is 67.6 cm³/mol. The highest BCUT2D eigenvalue weighted by atomic mass is 32.2. The first-order valence-corrected chi connectivity index (χ1v) is 7.19. The fourth-order valence-corrected chi connectivity index (χ4v) is 2.48. The van der Waals surface area contributed by atoms with Gasteiger partial charge in [-0.05, 0) is 44.0 Å². The van der Waals surface area contributed by atoms with Crippen LogP contribution >= 0.6 is 0 Å². The van der Waals surface area contributed by atoms with Gasteiger partial charge in [0.05, 0.1) is 11.0 Å². The van der Waals surface area contributed by atoms with E-state index >= 15 is 0 Å². The van der Waals surface area contributed by atoms with E-state index < -0.39 is 10.0 Å². The smallest absolute Gasteiger partial charge is 0.238 e. The van der Waals surface area contributed by atoms with Crippen LogP contribution in [0.5, 0.6) is 5.75 Å². The van der Waals surface area contributed by atoms with Crippen LogP contribution in [0.15, 0.2) is 23.1 Å². The molecule has 0 radical (unpaired) electrons. The Kier molecular flexibility index (Phi) is 4.54. The van der Waals surface area contributed by atoms with Gasteiger partial charge in [-0.25, -0.2) is 13.6 Å². The fourth-order valence-electron chi connectivity index (χ4n) is 1.71. The molecule has 0 saturated heterocycles. The molecule has 17 heavy (non-hydrogen) atoms. The van der Waals surface area contributed by atoms with Crippen molar-refractivity contribution in [2.45, 2.75) is 44.6 Å². The van der Waals surface area contributed by atoms with Crippen molar-refractivity contribution in [1.82, 2.24) is 0 Å². The van der Waals surface area contributed by atoms with Crippen LogP contribution in [0.3, 0.4) is 0 Å². The van der Waals surface area contributed by atoms with Gasteiger partial charge < -0.3 is 4.74 Å². The second-order valence-electron chi connectivity index (χ2n) is 4.19. The number of nitrogens with two attached hydrogens (primary N) is 1. The predicted octanol–water partition coefficient (Wildman–Crippen LogP) is 2.21. The van der Waals surface area contributed by atoms with Crippen LogP contribution < -0.4 is 9.88 Å². The number of aryl methyl sites for hydroxylation is 1. The molecular formula is C12H19NO3S. The van der Waals surface area contributed by atoms with Crippen LogP contribution in [-0.4, -0.2) is 14.5 Å². The van der Waals surface area contributed by atoms with Gasteiger partial charge in [-0.3, -0.25) is 0 Å². The molecule has 4 nitrogen and oxygen atoms in total. The van der Waals surface area contributed by atoms with Crippen molar-refractivity contribution >= 4 is 10.0 Å². The van der Waals surface area contributed by atoms with Gasteiger partial charge >= 0.3 is 0 Å². The quantitative estimate of drug-likeness (QED) is 0.879. The topological polar surface area (TPSA) is 69.4 Å². The summed E-state index contributed by atoms with van der Waals surface area (Å²) in [6.45, 7) is 5.79. The van der Waals surface area contributed by atoms with E-state index in [1.807, 2.05) is 6.92 Å². The van der Waals surface area contributed by atoms with Crippen LogP contribution in [0.25, 0.3) is 0 Å². The fraction of sp³-hybridized carbons (Fsp3) is 0.500. The molecule has 96 valence electrons. The lowest BCUT2D eigenvalue weighted by Gasteiger charge is -2.14. The molecule has 0 aliphatic rings. The summed E-state index contributed by atoms with van der Waals surface area (Å²) in [5, 5.41) is 5.09. The normalized spacial score (nSPS) is 13.4. The largest absolute Gasteiger partial charge is 0.491 e. The third-order valence-electron chi connectivity index (χ3n) is 2.49. The minimum absolute atomic E-state index is 0.125. The number of ether oxygens (including phenoxy) is 1. The molecule has 0 heterocycles. The van der Waals surface area contributed by atoms with Gasteiger partial charge in [-0.1, -0.05) is 13.3 Å². The molecule has 0 aromatic heterocycles. The standard InChI is InChI=1S/C12H19NO3S/c1-4-5-10(3)16-11-6-7-12(9(2)8-11)17(13,14)15/h6-8,10H,4-5H2,1-3H3,(H2,13,14,15). The Hall–Kier alpha value is -1.07. The number of benzene rings is 1. The summed E-state index contributed by atoms with van der Waals surface area (Å²) in [5.41, 5.74) is 0.605. The Balaban J connectivity index is 2.90. The average Bonchev–Trinajstić information content (AvgIpc) is 2.15. The molecule has 0 saturated carbocycles. The second kappa shape index (κ2) is 5.51. The first kappa shape index (κ1) is 14.0. The number of hydrogen-bond acceptors (Lipinski definition) is 3. The zero-order chi connectivity index (χ0) is 13.1. The molecule has 1 aromatic carbocycles. The molecule has 1 atom stereocenters. The molecule has 1 unspecified atom stereocenters. The molecule has 1 rings (SSSR count). The number of sulfonamides is 1. The van der Waals surface area contributed by atoms with E-state index in [4.69, 9.17) is 9.88 Å². The van der Waals surface area contributed by atoms with E-state index in [9.17, 15) is 8.42 Å². The lowest BCUT2D eigenvalue weighted by atomic mass is 10.2. The van der Waals surface area contributed by atoms with Gasteiger partial charge in [-0.2, -0.15) is 0 Å². The van der Waals surface area contributed by atoms with E-state index in [2.05, 4.69) is 6.92 Å². The zero-order valence-corrected chi connectivity index (χ0v) is 11.3. The Morgan fingerprint density at radius 2 is 2.06 bits per heavy atom. The highest BCUT2D eigenvalue weighted by Gasteiger charge is 2.12. The first-order chi connectivity index (χ1) is 7.84. The van der Waals surface area contributed by atoms with Crippen LogP contribution in [0.1, 0.15) is 32.3 Å². The summed E-state index contributed by atoms with van der Waals surface area (Å²) in [6, 6.07) is 4.82. The maximum Gasteiger partial charge on any atom is 0.238 e. The molecule has 0 spiro atoms.